The molecule has 13 heteroatoms. The molecule has 2 fully saturated rings. The van der Waals surface area contributed by atoms with Crippen molar-refractivity contribution in [2.75, 3.05) is 44.2 Å². The second-order valence-electron chi connectivity index (χ2n) is 17.6. The summed E-state index contributed by atoms with van der Waals surface area (Å²) in [5, 5.41) is 31.1. The highest BCUT2D eigenvalue weighted by Crippen LogP contribution is 2.41. The van der Waals surface area contributed by atoms with Crippen LogP contribution in [-0.2, 0) is 0 Å². The van der Waals surface area contributed by atoms with Crippen LogP contribution in [0, 0.1) is 38.2 Å². The number of phenolic OH excluding ortho intramolecular Hbond substituents is 1. The lowest BCUT2D eigenvalue weighted by Gasteiger charge is -2.43. The molecule has 332 valence electrons. The van der Waals surface area contributed by atoms with Gasteiger partial charge in [-0.2, -0.15) is 0 Å². The van der Waals surface area contributed by atoms with Crippen LogP contribution in [0.25, 0.3) is 16.1 Å². The Morgan fingerprint density at radius 3 is 2.20 bits per heavy atom. The first-order valence-corrected chi connectivity index (χ1v) is 22.8. The summed E-state index contributed by atoms with van der Waals surface area (Å²) < 4.78 is 48.5. The fourth-order valence-corrected chi connectivity index (χ4v) is 10.9. The molecule has 6 aromatic rings. The Morgan fingerprint density at radius 2 is 1.52 bits per heavy atom. The van der Waals surface area contributed by atoms with Crippen molar-refractivity contribution < 1.29 is 28.1 Å². The van der Waals surface area contributed by atoms with Crippen LogP contribution < -0.4 is 9.64 Å². The van der Waals surface area contributed by atoms with E-state index in [1.165, 1.54) is 57.2 Å². The van der Waals surface area contributed by atoms with Crippen molar-refractivity contribution in [2.24, 2.45) is 4.99 Å². The third kappa shape index (κ3) is 8.48. The molecule has 64 heavy (non-hydrogen) atoms. The molecule has 0 unspecified atom stereocenters. The zero-order valence-electron chi connectivity index (χ0n) is 36.8. The minimum absolute atomic E-state index is 0.0247. The van der Waals surface area contributed by atoms with Gasteiger partial charge >= 0.3 is 0 Å². The Hall–Kier alpha value is -5.76. The summed E-state index contributed by atoms with van der Waals surface area (Å²) in [5.41, 5.74) is 7.82. The molecule has 10 rings (SSSR count). The maximum atomic E-state index is 13.9. The van der Waals surface area contributed by atoms with Crippen LogP contribution in [0.15, 0.2) is 89.9 Å². The van der Waals surface area contributed by atoms with Gasteiger partial charge in [0.05, 0.1) is 16.9 Å². The molecule has 0 spiro atoms. The van der Waals surface area contributed by atoms with Crippen molar-refractivity contribution in [3.63, 3.8) is 0 Å². The van der Waals surface area contributed by atoms with Crippen LogP contribution in [0.3, 0.4) is 0 Å². The number of rotatable bonds is 6. The lowest BCUT2D eigenvalue weighted by molar-refractivity contribution is -0.0213. The molecular weight excluding hydrogens is 834 g/mol. The zero-order valence-corrected chi connectivity index (χ0v) is 37.7. The van der Waals surface area contributed by atoms with Crippen LogP contribution in [0.1, 0.15) is 101 Å². The molecule has 0 aliphatic carbocycles. The Kier molecular flexibility index (Phi) is 12.0. The van der Waals surface area contributed by atoms with Gasteiger partial charge in [0, 0.05) is 64.6 Å². The largest absolute Gasteiger partial charge is 0.508 e. The maximum Gasteiger partial charge on any atom is 0.162 e. The second-order valence-corrected chi connectivity index (χ2v) is 18.8. The zero-order chi connectivity index (χ0) is 44.9. The third-order valence-electron chi connectivity index (χ3n) is 13.4. The first-order chi connectivity index (χ1) is 30.8. The van der Waals surface area contributed by atoms with Crippen LogP contribution >= 0.6 is 11.3 Å². The molecule has 1 atom stereocenters. The summed E-state index contributed by atoms with van der Waals surface area (Å²) in [6, 6.07) is 25.5. The van der Waals surface area contributed by atoms with E-state index >= 15 is 0 Å². The van der Waals surface area contributed by atoms with Crippen LogP contribution in [0.2, 0.25) is 0 Å². The van der Waals surface area contributed by atoms with E-state index in [4.69, 9.17) is 9.73 Å². The number of piperidine rings is 2. The molecule has 4 aliphatic heterocycles. The van der Waals surface area contributed by atoms with Gasteiger partial charge in [-0.15, -0.1) is 21.5 Å². The number of aromatic hydroxyl groups is 1. The van der Waals surface area contributed by atoms with E-state index in [-0.39, 0.29) is 24.0 Å². The molecule has 4 aromatic carbocycles. The highest BCUT2D eigenvalue weighted by Gasteiger charge is 2.36. The van der Waals surface area contributed by atoms with E-state index in [1.54, 1.807) is 24.3 Å². The van der Waals surface area contributed by atoms with E-state index in [2.05, 4.69) is 99.9 Å². The predicted molar refractivity (Wildman–Crippen MR) is 248 cm³/mol. The molecule has 9 nitrogen and oxygen atoms in total. The number of aromatic nitrogens is 3. The molecule has 0 saturated carbocycles. The summed E-state index contributed by atoms with van der Waals surface area (Å²) >= 11 is 1.80. The average Bonchev–Trinajstić information content (AvgIpc) is 3.77. The lowest BCUT2D eigenvalue weighted by Crippen LogP contribution is -2.52. The number of hydrogen-bond acceptors (Lipinski definition) is 9. The van der Waals surface area contributed by atoms with Gasteiger partial charge in [0.1, 0.15) is 52.4 Å². The lowest BCUT2D eigenvalue weighted by atomic mass is 9.86. The summed E-state index contributed by atoms with van der Waals surface area (Å²) in [6.07, 6.45) is 3.95. The molecule has 2 N–H and O–H groups in total. The molecule has 2 saturated heterocycles. The molecule has 0 bridgehead atoms. The topological polar surface area (TPSA) is 99.2 Å². The quantitative estimate of drug-likeness (QED) is 0.172. The van der Waals surface area contributed by atoms with E-state index in [0.717, 1.165) is 68.5 Å². The standard InChI is InChI=1S/C35H42N6OS.C16H11F3O2/c1-23-25(3)43-34-31(23)32(36-24(2)33-38-37-26(4)41(33)34)29-10-12-30(13-11-29)40-20-16-35(42,17-21-40)22-39-18-14-28(15-19-39)27-8-6-5-7-9-27;1-8-11-6-10(20)2-3-15(11)21-7-12(8)16-13(18)4-9(17)5-14(16)19/h5-13,24,28,42H,14-22H2,1-4H3;2-6,20H,7H2,1H3/t24-;/m0./s1. The van der Waals surface area contributed by atoms with Crippen molar-refractivity contribution in [3.05, 3.63) is 152 Å². The van der Waals surface area contributed by atoms with Crippen molar-refractivity contribution in [1.82, 2.24) is 19.7 Å². The summed E-state index contributed by atoms with van der Waals surface area (Å²) in [6.45, 7) is 14.8. The van der Waals surface area contributed by atoms with Crippen molar-refractivity contribution in [1.29, 1.82) is 0 Å². The van der Waals surface area contributed by atoms with Crippen LogP contribution in [-0.4, -0.2) is 80.5 Å². The molecule has 6 heterocycles. The summed E-state index contributed by atoms with van der Waals surface area (Å²) in [7, 11) is 0. The number of hydrogen-bond donors (Lipinski definition) is 2. The summed E-state index contributed by atoms with van der Waals surface area (Å²) in [4.78, 5) is 11.4. The monoisotopic (exact) mass is 886 g/mol. The number of anilines is 1. The van der Waals surface area contributed by atoms with Crippen molar-refractivity contribution in [3.8, 4) is 16.5 Å². The van der Waals surface area contributed by atoms with Crippen molar-refractivity contribution >= 4 is 33.9 Å². The number of phenols is 1. The van der Waals surface area contributed by atoms with Gasteiger partial charge in [-0.05, 0) is 126 Å². The smallest absolute Gasteiger partial charge is 0.162 e. The number of likely N-dealkylation sites (tertiary alicyclic amines) is 1. The number of benzene rings is 4. The van der Waals surface area contributed by atoms with Gasteiger partial charge in [0.2, 0.25) is 0 Å². The number of halogens is 3. The SMILES string of the molecule is CC1=C(c2c(F)cc(F)cc2F)COc2ccc(O)cc21.Cc1sc2c(c1C)C(c1ccc(N3CCC(O)(CN4CCC(c5ccccc5)CC4)CC3)cc1)=N[C@@H](C)c1nnc(C)n1-2. The Morgan fingerprint density at radius 1 is 0.828 bits per heavy atom. The van der Waals surface area contributed by atoms with Gasteiger partial charge in [-0.1, -0.05) is 42.5 Å². The Bertz CT molecular complexity index is 2730. The number of aliphatic imine (C=N–C) groups is 1. The normalized spacial score (nSPS) is 18.5. The number of nitrogens with zero attached hydrogens (tertiary/aromatic N) is 6. The van der Waals surface area contributed by atoms with Gasteiger partial charge in [0.25, 0.3) is 0 Å². The predicted octanol–water partition coefficient (Wildman–Crippen LogP) is 10.5. The number of β-amino-alcohol motifs (C(OH)–C–C–N with tert-alkyl or cyclic N) is 1. The van der Waals surface area contributed by atoms with Gasteiger partial charge < -0.3 is 24.7 Å². The first-order valence-electron chi connectivity index (χ1n) is 22.0. The number of aliphatic hydroxyl groups is 1. The Labute approximate surface area is 376 Å². The number of fused-ring (bicyclic) bond motifs is 4. The molecule has 2 aromatic heterocycles. The molecule has 4 aliphatic rings. The van der Waals surface area contributed by atoms with Gasteiger partial charge in [0.15, 0.2) is 5.82 Å². The minimum Gasteiger partial charge on any atom is -0.508 e. The van der Waals surface area contributed by atoms with E-state index in [1.807, 2.05) is 6.92 Å². The molecular formula is C51H53F3N6O3S. The van der Waals surface area contributed by atoms with E-state index in [0.29, 0.717) is 40.5 Å². The Balaban J connectivity index is 0.000000207. The maximum absolute atomic E-state index is 13.9. The summed E-state index contributed by atoms with van der Waals surface area (Å²) in [5.74, 6) is 0.0675. The molecule has 0 radical (unpaired) electrons. The fraction of sp³-hybridized carbons (Fsp3) is 0.353. The minimum atomic E-state index is -0.978. The van der Waals surface area contributed by atoms with Crippen LogP contribution in [0.4, 0.5) is 18.9 Å². The highest BCUT2D eigenvalue weighted by molar-refractivity contribution is 7.15. The van der Waals surface area contributed by atoms with Gasteiger partial charge in [-0.25, -0.2) is 13.2 Å². The fourth-order valence-electron chi connectivity index (χ4n) is 9.66. The number of aryl methyl sites for hydroxylation is 2. The van der Waals surface area contributed by atoms with Crippen molar-refractivity contribution in [2.45, 2.75) is 77.9 Å². The average molecular weight is 887 g/mol. The molecule has 0 amide bonds. The second kappa shape index (κ2) is 17.7. The third-order valence-corrected chi connectivity index (χ3v) is 14.6. The van der Waals surface area contributed by atoms with E-state index in [9.17, 15) is 23.4 Å². The number of thiophene rings is 1. The first kappa shape index (κ1) is 43.5. The highest BCUT2D eigenvalue weighted by atomic mass is 32.1. The van der Waals surface area contributed by atoms with Crippen LogP contribution in [0.5, 0.6) is 11.5 Å². The number of allylic oxidation sites excluding steroid dienone is 1. The van der Waals surface area contributed by atoms with Gasteiger partial charge in [-0.3, -0.25) is 9.56 Å². The van der Waals surface area contributed by atoms with E-state index < -0.39 is 23.1 Å². The number of ether oxygens (including phenoxy) is 1.